The van der Waals surface area contributed by atoms with E-state index in [-0.39, 0.29) is 6.04 Å². The Labute approximate surface area is 188 Å². The summed E-state index contributed by atoms with van der Waals surface area (Å²) in [4.78, 5) is 2.55. The minimum Gasteiger partial charge on any atom is -0.457 e. The second-order valence-electron chi connectivity index (χ2n) is 7.97. The first-order chi connectivity index (χ1) is 15.3. The molecule has 1 aliphatic rings. The third-order valence-electron chi connectivity index (χ3n) is 5.78. The predicted octanol–water partition coefficient (Wildman–Crippen LogP) is 6.93. The molecule has 1 aromatic heterocycles. The third kappa shape index (κ3) is 4.53. The van der Waals surface area contributed by atoms with Crippen LogP contribution < -0.4 is 4.74 Å². The summed E-state index contributed by atoms with van der Waals surface area (Å²) in [7, 11) is 0. The van der Waals surface area contributed by atoms with Gasteiger partial charge in [-0.25, -0.2) is 0 Å². The van der Waals surface area contributed by atoms with Gasteiger partial charge in [-0.05, 0) is 66.1 Å². The minimum atomic E-state index is 0.162. The zero-order valence-electron chi connectivity index (χ0n) is 17.3. The second-order valence-corrected chi connectivity index (χ2v) is 8.41. The number of hydrogen-bond acceptors (Lipinski definition) is 2. The molecule has 0 amide bonds. The molecule has 31 heavy (non-hydrogen) atoms. The number of rotatable bonds is 5. The number of para-hydroxylation sites is 1. The lowest BCUT2D eigenvalue weighted by Gasteiger charge is -2.31. The van der Waals surface area contributed by atoms with Crippen molar-refractivity contribution in [3.05, 3.63) is 119 Å². The molecule has 1 aliphatic heterocycles. The summed E-state index contributed by atoms with van der Waals surface area (Å²) in [5.41, 5.74) is 3.78. The van der Waals surface area contributed by atoms with E-state index in [1.165, 1.54) is 16.8 Å². The molecule has 0 saturated carbocycles. The van der Waals surface area contributed by atoms with Crippen molar-refractivity contribution in [2.75, 3.05) is 6.54 Å². The van der Waals surface area contributed by atoms with Gasteiger partial charge < -0.3 is 9.30 Å². The molecular weight excluding hydrogens is 404 g/mol. The summed E-state index contributed by atoms with van der Waals surface area (Å²) >= 11 is 6.37. The van der Waals surface area contributed by atoms with Gasteiger partial charge in [0.2, 0.25) is 0 Å². The molecule has 1 atom stereocenters. The van der Waals surface area contributed by atoms with Gasteiger partial charge in [-0.2, -0.15) is 0 Å². The van der Waals surface area contributed by atoms with Crippen molar-refractivity contribution in [1.82, 2.24) is 9.47 Å². The predicted molar refractivity (Wildman–Crippen MR) is 126 cm³/mol. The van der Waals surface area contributed by atoms with Gasteiger partial charge in [0.15, 0.2) is 0 Å². The van der Waals surface area contributed by atoms with Gasteiger partial charge in [0.25, 0.3) is 0 Å². The van der Waals surface area contributed by atoms with Crippen LogP contribution in [0, 0.1) is 0 Å². The molecule has 4 heteroatoms. The van der Waals surface area contributed by atoms with E-state index in [9.17, 15) is 0 Å². The molecule has 3 aromatic carbocycles. The lowest BCUT2D eigenvalue weighted by molar-refractivity contribution is 0.220. The highest BCUT2D eigenvalue weighted by molar-refractivity contribution is 6.30. The SMILES string of the molecule is Clc1cccc([C@H]2c3cccn3CCCN2Cc2cccc(Oc3ccccc3)c2)c1. The number of halogens is 1. The molecule has 4 aromatic rings. The Kier molecular flexibility index (Phi) is 5.79. The summed E-state index contributed by atoms with van der Waals surface area (Å²) in [5.74, 6) is 1.71. The topological polar surface area (TPSA) is 17.4 Å². The standard InChI is InChI=1S/C27H25ClN2O/c28-23-10-5-9-22(19-23)27-26-14-6-15-29(26)16-7-17-30(27)20-21-8-4-13-25(18-21)31-24-11-2-1-3-12-24/h1-6,8-15,18-19,27H,7,16-17,20H2/t27-/m0/s1. The second kappa shape index (κ2) is 9.01. The van der Waals surface area contributed by atoms with E-state index >= 15 is 0 Å². The fourth-order valence-corrected chi connectivity index (χ4v) is 4.63. The zero-order valence-corrected chi connectivity index (χ0v) is 18.1. The zero-order chi connectivity index (χ0) is 21.0. The van der Waals surface area contributed by atoms with Crippen molar-refractivity contribution < 1.29 is 4.74 Å². The molecule has 0 aliphatic carbocycles. The maximum Gasteiger partial charge on any atom is 0.127 e. The number of nitrogens with zero attached hydrogens (tertiary/aromatic N) is 2. The molecule has 0 N–H and O–H groups in total. The van der Waals surface area contributed by atoms with Gasteiger partial charge >= 0.3 is 0 Å². The van der Waals surface area contributed by atoms with Gasteiger partial charge in [-0.1, -0.05) is 54.1 Å². The maximum atomic E-state index is 6.37. The number of ether oxygens (including phenoxy) is 1. The van der Waals surface area contributed by atoms with E-state index in [4.69, 9.17) is 16.3 Å². The molecule has 0 fully saturated rings. The summed E-state index contributed by atoms with van der Waals surface area (Å²) in [6, 6.07) is 31.1. The monoisotopic (exact) mass is 428 g/mol. The Bertz CT molecular complexity index is 1150. The quantitative estimate of drug-likeness (QED) is 0.343. The lowest BCUT2D eigenvalue weighted by Crippen LogP contribution is -2.29. The van der Waals surface area contributed by atoms with Crippen LogP contribution in [0.4, 0.5) is 0 Å². The van der Waals surface area contributed by atoms with Crippen LogP contribution >= 0.6 is 11.6 Å². The van der Waals surface area contributed by atoms with Crippen molar-refractivity contribution in [3.8, 4) is 11.5 Å². The molecule has 0 unspecified atom stereocenters. The number of benzene rings is 3. The fourth-order valence-electron chi connectivity index (χ4n) is 4.43. The highest BCUT2D eigenvalue weighted by Crippen LogP contribution is 2.34. The van der Waals surface area contributed by atoms with Crippen molar-refractivity contribution in [1.29, 1.82) is 0 Å². The molecule has 3 nitrogen and oxygen atoms in total. The van der Waals surface area contributed by atoms with Crippen LogP contribution in [-0.4, -0.2) is 16.0 Å². The van der Waals surface area contributed by atoms with Gasteiger partial charge in [0.05, 0.1) is 6.04 Å². The van der Waals surface area contributed by atoms with E-state index in [0.717, 1.165) is 42.6 Å². The number of fused-ring (bicyclic) bond motifs is 1. The summed E-state index contributed by atoms with van der Waals surface area (Å²) in [6.45, 7) is 2.89. The van der Waals surface area contributed by atoms with Crippen LogP contribution in [0.5, 0.6) is 11.5 Å². The van der Waals surface area contributed by atoms with Crippen molar-refractivity contribution >= 4 is 11.6 Å². The molecule has 0 bridgehead atoms. The minimum absolute atomic E-state index is 0.162. The fraction of sp³-hybridized carbons (Fsp3) is 0.185. The van der Waals surface area contributed by atoms with Crippen LogP contribution in [0.15, 0.2) is 97.2 Å². The van der Waals surface area contributed by atoms with Crippen LogP contribution in [0.2, 0.25) is 5.02 Å². The Hall–Kier alpha value is -3.01. The van der Waals surface area contributed by atoms with Crippen molar-refractivity contribution in [2.24, 2.45) is 0 Å². The first kappa shape index (κ1) is 19.9. The molecular formula is C27H25ClN2O. The highest BCUT2D eigenvalue weighted by atomic mass is 35.5. The molecule has 0 radical (unpaired) electrons. The highest BCUT2D eigenvalue weighted by Gasteiger charge is 2.27. The van der Waals surface area contributed by atoms with Crippen LogP contribution in [-0.2, 0) is 13.1 Å². The summed E-state index contributed by atoms with van der Waals surface area (Å²) in [6.07, 6.45) is 3.30. The van der Waals surface area contributed by atoms with Crippen LogP contribution in [0.1, 0.15) is 29.3 Å². The third-order valence-corrected chi connectivity index (χ3v) is 6.02. The summed E-state index contributed by atoms with van der Waals surface area (Å²) < 4.78 is 8.44. The van der Waals surface area contributed by atoms with Crippen LogP contribution in [0.3, 0.4) is 0 Å². The number of hydrogen-bond donors (Lipinski definition) is 0. The number of aromatic nitrogens is 1. The van der Waals surface area contributed by atoms with Crippen LogP contribution in [0.25, 0.3) is 0 Å². The molecule has 156 valence electrons. The first-order valence-electron chi connectivity index (χ1n) is 10.7. The summed E-state index contributed by atoms with van der Waals surface area (Å²) in [5, 5.41) is 0.776. The Morgan fingerprint density at radius 2 is 1.65 bits per heavy atom. The normalized spacial score (nSPS) is 16.5. The van der Waals surface area contributed by atoms with Gasteiger partial charge in [0.1, 0.15) is 11.5 Å². The first-order valence-corrected chi connectivity index (χ1v) is 11.1. The average Bonchev–Trinajstić information content (AvgIpc) is 3.16. The average molecular weight is 429 g/mol. The maximum absolute atomic E-state index is 6.37. The van der Waals surface area contributed by atoms with E-state index in [0.29, 0.717) is 0 Å². The Balaban J connectivity index is 1.45. The Morgan fingerprint density at radius 3 is 2.52 bits per heavy atom. The van der Waals surface area contributed by atoms with Gasteiger partial charge in [0, 0.05) is 36.5 Å². The van der Waals surface area contributed by atoms with Crippen molar-refractivity contribution in [3.63, 3.8) is 0 Å². The van der Waals surface area contributed by atoms with E-state index in [1.807, 2.05) is 48.5 Å². The van der Waals surface area contributed by atoms with Gasteiger partial charge in [-0.3, -0.25) is 4.90 Å². The number of aryl methyl sites for hydroxylation is 1. The van der Waals surface area contributed by atoms with E-state index in [1.54, 1.807) is 0 Å². The largest absolute Gasteiger partial charge is 0.457 e. The molecule has 2 heterocycles. The lowest BCUT2D eigenvalue weighted by atomic mass is 10.0. The Morgan fingerprint density at radius 1 is 0.806 bits per heavy atom. The van der Waals surface area contributed by atoms with E-state index < -0.39 is 0 Å². The molecule has 5 rings (SSSR count). The van der Waals surface area contributed by atoms with Gasteiger partial charge in [-0.15, -0.1) is 0 Å². The van der Waals surface area contributed by atoms with E-state index in [2.05, 4.69) is 58.1 Å². The molecule has 0 saturated heterocycles. The smallest absolute Gasteiger partial charge is 0.127 e. The van der Waals surface area contributed by atoms with Crippen molar-refractivity contribution in [2.45, 2.75) is 25.6 Å². The molecule has 0 spiro atoms.